The van der Waals surface area contributed by atoms with Crippen molar-refractivity contribution in [1.29, 1.82) is 0 Å². The van der Waals surface area contributed by atoms with E-state index in [-0.39, 0.29) is 11.6 Å². The van der Waals surface area contributed by atoms with Crippen LogP contribution in [-0.4, -0.2) is 17.1 Å². The Morgan fingerprint density at radius 3 is 1.69 bits per heavy atom. The van der Waals surface area contributed by atoms with E-state index in [0.29, 0.717) is 44.5 Å². The standard InChI is InChI=1S/C27H16F2N2O/c1-3-12-4-13-8-30-9-14-6-18(29)24-25-19(32-2)7-16-11-31-10-15-5-17(28)23(27(25)21(15)16)22(12)26(24)20(13)14/h4-11H,3H2,1-2H3. The lowest BCUT2D eigenvalue weighted by Gasteiger charge is -2.22. The maximum absolute atomic E-state index is 15.9. The Morgan fingerprint density at radius 1 is 0.625 bits per heavy atom. The molecule has 2 heterocycles. The van der Waals surface area contributed by atoms with E-state index < -0.39 is 0 Å². The second-order valence-corrected chi connectivity index (χ2v) is 8.36. The van der Waals surface area contributed by atoms with Crippen LogP contribution in [0.15, 0.2) is 49.1 Å². The van der Waals surface area contributed by atoms with Crippen LogP contribution in [0.2, 0.25) is 0 Å². The summed E-state index contributed by atoms with van der Waals surface area (Å²) in [6, 6.07) is 6.99. The molecular weight excluding hydrogens is 406 g/mol. The smallest absolute Gasteiger partial charge is 0.132 e. The molecule has 0 fully saturated rings. The van der Waals surface area contributed by atoms with Gasteiger partial charge in [0.05, 0.1) is 7.11 Å². The van der Waals surface area contributed by atoms with Gasteiger partial charge in [-0.1, -0.05) is 6.92 Å². The summed E-state index contributed by atoms with van der Waals surface area (Å²) >= 11 is 0. The van der Waals surface area contributed by atoms with Gasteiger partial charge < -0.3 is 4.74 Å². The predicted octanol–water partition coefficient (Wildman–Crippen LogP) is 7.12. The first-order valence-electron chi connectivity index (χ1n) is 10.5. The molecule has 0 atom stereocenters. The molecular formula is C27H16F2N2O. The van der Waals surface area contributed by atoms with Gasteiger partial charge in [-0.15, -0.1) is 0 Å². The highest BCUT2D eigenvalue weighted by Crippen LogP contribution is 2.50. The van der Waals surface area contributed by atoms with Crippen molar-refractivity contribution in [2.75, 3.05) is 7.11 Å². The zero-order chi connectivity index (χ0) is 21.7. The van der Waals surface area contributed by atoms with Crippen LogP contribution in [0, 0.1) is 11.6 Å². The molecule has 0 amide bonds. The summed E-state index contributed by atoms with van der Waals surface area (Å²) in [6.45, 7) is 2.04. The SMILES string of the molecule is CCc1cc2cncc3cc(F)c4c5c(OC)cc6cncc7cc(F)c(c1c4c32)c5c76. The first-order chi connectivity index (χ1) is 15.6. The number of hydrogen-bond donors (Lipinski definition) is 0. The third-order valence-corrected chi connectivity index (χ3v) is 6.84. The zero-order valence-corrected chi connectivity index (χ0v) is 17.4. The van der Waals surface area contributed by atoms with Crippen LogP contribution in [0.4, 0.5) is 8.78 Å². The van der Waals surface area contributed by atoms with Crippen molar-refractivity contribution in [3.8, 4) is 5.75 Å². The van der Waals surface area contributed by atoms with Gasteiger partial charge in [-0.05, 0) is 41.6 Å². The van der Waals surface area contributed by atoms with E-state index in [9.17, 15) is 0 Å². The lowest BCUT2D eigenvalue weighted by molar-refractivity contribution is 0.420. The van der Waals surface area contributed by atoms with E-state index in [0.717, 1.165) is 37.9 Å². The summed E-state index contributed by atoms with van der Waals surface area (Å²) in [6.07, 6.45) is 7.54. The number of ether oxygens (including phenoxy) is 1. The number of rotatable bonds is 2. The van der Waals surface area contributed by atoms with Crippen molar-refractivity contribution >= 4 is 64.6 Å². The molecule has 0 saturated heterocycles. The number of aryl methyl sites for hydroxylation is 1. The fraction of sp³-hybridized carbons (Fsp3) is 0.111. The van der Waals surface area contributed by atoms with E-state index in [2.05, 4.69) is 16.0 Å². The van der Waals surface area contributed by atoms with Crippen LogP contribution < -0.4 is 4.74 Å². The van der Waals surface area contributed by atoms with Crippen LogP contribution in [0.3, 0.4) is 0 Å². The van der Waals surface area contributed by atoms with Crippen LogP contribution in [-0.2, 0) is 6.42 Å². The minimum atomic E-state index is -0.361. The predicted molar refractivity (Wildman–Crippen MR) is 125 cm³/mol. The van der Waals surface area contributed by atoms with Gasteiger partial charge in [0.25, 0.3) is 0 Å². The Kier molecular flexibility index (Phi) is 3.27. The summed E-state index contributed by atoms with van der Waals surface area (Å²) in [4.78, 5) is 8.58. The number of hydrogen-bond acceptors (Lipinski definition) is 3. The van der Waals surface area contributed by atoms with Crippen molar-refractivity contribution < 1.29 is 13.5 Å². The van der Waals surface area contributed by atoms with E-state index in [1.165, 1.54) is 12.1 Å². The fourth-order valence-corrected chi connectivity index (χ4v) is 5.63. The first kappa shape index (κ1) is 17.8. The van der Waals surface area contributed by atoms with Crippen LogP contribution in [0.25, 0.3) is 64.6 Å². The van der Waals surface area contributed by atoms with Gasteiger partial charge in [0.15, 0.2) is 0 Å². The Bertz CT molecular complexity index is 1740. The third-order valence-electron chi connectivity index (χ3n) is 6.84. The summed E-state index contributed by atoms with van der Waals surface area (Å²) in [5.41, 5.74) is 0.969. The Labute approximate surface area is 180 Å². The first-order valence-corrected chi connectivity index (χ1v) is 10.5. The molecule has 5 aromatic carbocycles. The van der Waals surface area contributed by atoms with E-state index >= 15 is 8.78 Å². The lowest BCUT2D eigenvalue weighted by Crippen LogP contribution is -1.99. The number of pyridine rings is 2. The maximum atomic E-state index is 15.9. The largest absolute Gasteiger partial charge is 0.496 e. The molecule has 0 saturated carbocycles. The molecule has 2 aromatic heterocycles. The Morgan fingerprint density at radius 2 is 1.12 bits per heavy atom. The number of benzene rings is 5. The highest BCUT2D eigenvalue weighted by Gasteiger charge is 2.26. The average Bonchev–Trinajstić information content (AvgIpc) is 2.80. The van der Waals surface area contributed by atoms with Crippen molar-refractivity contribution in [3.05, 3.63) is 66.3 Å². The number of fused-ring (bicyclic) bond motifs is 2. The van der Waals surface area contributed by atoms with Crippen LogP contribution in [0.1, 0.15) is 12.5 Å². The normalized spacial score (nSPS) is 12.5. The topological polar surface area (TPSA) is 35.0 Å². The van der Waals surface area contributed by atoms with Crippen molar-refractivity contribution in [1.82, 2.24) is 9.97 Å². The van der Waals surface area contributed by atoms with Crippen molar-refractivity contribution in [2.24, 2.45) is 0 Å². The average molecular weight is 422 g/mol. The molecule has 0 radical (unpaired) electrons. The van der Waals surface area contributed by atoms with Crippen molar-refractivity contribution in [2.45, 2.75) is 13.3 Å². The maximum Gasteiger partial charge on any atom is 0.132 e. The zero-order valence-electron chi connectivity index (χ0n) is 17.4. The van der Waals surface area contributed by atoms with E-state index in [1.807, 2.05) is 13.0 Å². The number of methoxy groups -OCH3 is 1. The molecule has 32 heavy (non-hydrogen) atoms. The van der Waals surface area contributed by atoms with E-state index in [1.54, 1.807) is 31.9 Å². The Balaban J connectivity index is 2.00. The summed E-state index contributed by atoms with van der Waals surface area (Å²) < 4.78 is 37.5. The lowest BCUT2D eigenvalue weighted by atomic mass is 9.83. The highest BCUT2D eigenvalue weighted by atomic mass is 19.1. The fourth-order valence-electron chi connectivity index (χ4n) is 5.63. The van der Waals surface area contributed by atoms with Gasteiger partial charge in [-0.3, -0.25) is 9.97 Å². The molecule has 0 N–H and O–H groups in total. The molecule has 7 rings (SSSR count). The molecule has 0 spiro atoms. The van der Waals surface area contributed by atoms with E-state index in [4.69, 9.17) is 4.74 Å². The summed E-state index contributed by atoms with van der Waals surface area (Å²) in [7, 11) is 1.56. The number of aromatic nitrogens is 2. The molecule has 0 aliphatic rings. The van der Waals surface area contributed by atoms with Gasteiger partial charge in [0.1, 0.15) is 17.4 Å². The molecule has 7 aromatic rings. The molecule has 154 valence electrons. The monoisotopic (exact) mass is 422 g/mol. The second-order valence-electron chi connectivity index (χ2n) is 8.36. The van der Waals surface area contributed by atoms with Gasteiger partial charge >= 0.3 is 0 Å². The van der Waals surface area contributed by atoms with Gasteiger partial charge in [0.2, 0.25) is 0 Å². The molecule has 0 bridgehead atoms. The molecule has 0 aliphatic heterocycles. The van der Waals surface area contributed by atoms with Crippen LogP contribution >= 0.6 is 0 Å². The Hall–Kier alpha value is -3.86. The van der Waals surface area contributed by atoms with Gasteiger partial charge in [-0.2, -0.15) is 0 Å². The highest BCUT2D eigenvalue weighted by molar-refractivity contribution is 6.41. The molecule has 0 unspecified atom stereocenters. The molecule has 0 aliphatic carbocycles. The third kappa shape index (κ3) is 1.95. The summed E-state index contributed by atoms with van der Waals surface area (Å²) in [5.74, 6) is -0.188. The number of halogens is 2. The number of nitrogens with zero attached hydrogens (tertiary/aromatic N) is 2. The quantitative estimate of drug-likeness (QED) is 0.220. The van der Waals surface area contributed by atoms with Gasteiger partial charge in [-0.25, -0.2) is 8.78 Å². The molecule has 5 heteroatoms. The van der Waals surface area contributed by atoms with Crippen LogP contribution in [0.5, 0.6) is 5.75 Å². The second kappa shape index (κ2) is 5.88. The van der Waals surface area contributed by atoms with Crippen molar-refractivity contribution in [3.63, 3.8) is 0 Å². The minimum absolute atomic E-state index is 0.337. The minimum Gasteiger partial charge on any atom is -0.496 e. The summed E-state index contributed by atoms with van der Waals surface area (Å²) in [5, 5.41) is 8.71. The van der Waals surface area contributed by atoms with Gasteiger partial charge in [0, 0.05) is 84.0 Å². The molecule has 3 nitrogen and oxygen atoms in total.